The summed E-state index contributed by atoms with van der Waals surface area (Å²) in [6.07, 6.45) is 3.04. The topological polar surface area (TPSA) is 75.4 Å². The van der Waals surface area contributed by atoms with Crippen LogP contribution in [0.3, 0.4) is 0 Å². The summed E-state index contributed by atoms with van der Waals surface area (Å²) in [4.78, 5) is 26.4. The van der Waals surface area contributed by atoms with Crippen LogP contribution >= 0.6 is 0 Å². The highest BCUT2D eigenvalue weighted by Gasteiger charge is 2.41. The molecule has 110 valence electrons. The van der Waals surface area contributed by atoms with Crippen molar-refractivity contribution < 1.29 is 14.1 Å². The maximum Gasteiger partial charge on any atom is 0.246 e. The van der Waals surface area contributed by atoms with Crippen LogP contribution in [0.25, 0.3) is 0 Å². The maximum atomic E-state index is 12.6. The summed E-state index contributed by atoms with van der Waals surface area (Å²) in [5.74, 6) is 0.512. The molecule has 1 aromatic rings. The van der Waals surface area contributed by atoms with Gasteiger partial charge in [-0.1, -0.05) is 32.3 Å². The van der Waals surface area contributed by atoms with Crippen molar-refractivity contribution in [1.82, 2.24) is 15.4 Å². The molecular formula is C14H21N3O3. The second kappa shape index (κ2) is 6.07. The Kier molecular flexibility index (Phi) is 4.42. The van der Waals surface area contributed by atoms with Gasteiger partial charge in [0.1, 0.15) is 12.1 Å². The standard InChI is InChI=1S/C14H21N3O3/c1-4-5-11-14(19)17(8-10-6-7-15-20-10)12(9(2)3)13(18)16-11/h6-7,9,11-12H,4-5,8H2,1-3H3,(H,16,18). The monoisotopic (exact) mass is 279 g/mol. The molecule has 0 spiro atoms. The lowest BCUT2D eigenvalue weighted by atomic mass is 9.95. The molecule has 0 radical (unpaired) electrons. The maximum absolute atomic E-state index is 12.6. The average Bonchev–Trinajstić information content (AvgIpc) is 2.88. The first-order valence-corrected chi connectivity index (χ1v) is 7.05. The van der Waals surface area contributed by atoms with Gasteiger partial charge in [-0.3, -0.25) is 9.59 Å². The lowest BCUT2D eigenvalue weighted by Crippen LogP contribution is -2.64. The molecule has 1 aliphatic rings. The first-order valence-electron chi connectivity index (χ1n) is 7.05. The molecule has 2 heterocycles. The molecule has 2 amide bonds. The van der Waals surface area contributed by atoms with Gasteiger partial charge in [0.25, 0.3) is 0 Å². The van der Waals surface area contributed by atoms with Crippen molar-refractivity contribution in [3.05, 3.63) is 18.0 Å². The van der Waals surface area contributed by atoms with E-state index in [1.54, 1.807) is 11.0 Å². The normalized spacial score (nSPS) is 23.3. The summed E-state index contributed by atoms with van der Waals surface area (Å²) in [6.45, 7) is 6.15. The summed E-state index contributed by atoms with van der Waals surface area (Å²) in [7, 11) is 0. The van der Waals surface area contributed by atoms with E-state index in [1.807, 2.05) is 20.8 Å². The van der Waals surface area contributed by atoms with Crippen LogP contribution < -0.4 is 5.32 Å². The fourth-order valence-electron chi connectivity index (χ4n) is 2.61. The number of amides is 2. The minimum Gasteiger partial charge on any atom is -0.360 e. The van der Waals surface area contributed by atoms with Crippen molar-refractivity contribution >= 4 is 11.8 Å². The molecule has 2 rings (SSSR count). The molecule has 20 heavy (non-hydrogen) atoms. The number of hydrogen-bond acceptors (Lipinski definition) is 4. The van der Waals surface area contributed by atoms with Crippen LogP contribution in [0, 0.1) is 5.92 Å². The number of hydrogen-bond donors (Lipinski definition) is 1. The highest BCUT2D eigenvalue weighted by atomic mass is 16.5. The fourth-order valence-corrected chi connectivity index (χ4v) is 2.61. The van der Waals surface area contributed by atoms with Crippen LogP contribution in [0.15, 0.2) is 16.8 Å². The second-order valence-electron chi connectivity index (χ2n) is 5.48. The van der Waals surface area contributed by atoms with Crippen molar-refractivity contribution in [2.45, 2.75) is 52.2 Å². The number of nitrogens with one attached hydrogen (secondary N) is 1. The van der Waals surface area contributed by atoms with E-state index in [-0.39, 0.29) is 24.3 Å². The van der Waals surface area contributed by atoms with Gasteiger partial charge in [0.2, 0.25) is 11.8 Å². The largest absolute Gasteiger partial charge is 0.360 e. The zero-order chi connectivity index (χ0) is 14.7. The van der Waals surface area contributed by atoms with Gasteiger partial charge < -0.3 is 14.7 Å². The Labute approximate surface area is 118 Å². The number of rotatable bonds is 5. The molecule has 1 saturated heterocycles. The van der Waals surface area contributed by atoms with Gasteiger partial charge in [-0.05, 0) is 12.3 Å². The Morgan fingerprint density at radius 3 is 2.75 bits per heavy atom. The summed E-state index contributed by atoms with van der Waals surface area (Å²) in [5.41, 5.74) is 0. The van der Waals surface area contributed by atoms with Crippen LogP contribution in [0.4, 0.5) is 0 Å². The molecule has 0 bridgehead atoms. The van der Waals surface area contributed by atoms with Crippen molar-refractivity contribution in [2.75, 3.05) is 0 Å². The average molecular weight is 279 g/mol. The molecule has 1 fully saturated rings. The zero-order valence-corrected chi connectivity index (χ0v) is 12.1. The second-order valence-corrected chi connectivity index (χ2v) is 5.48. The molecule has 0 aromatic carbocycles. The summed E-state index contributed by atoms with van der Waals surface area (Å²) < 4.78 is 5.07. The molecule has 1 aromatic heterocycles. The Morgan fingerprint density at radius 2 is 2.20 bits per heavy atom. The van der Waals surface area contributed by atoms with Crippen molar-refractivity contribution in [3.8, 4) is 0 Å². The molecule has 6 heteroatoms. The van der Waals surface area contributed by atoms with E-state index in [1.165, 1.54) is 6.20 Å². The molecule has 0 saturated carbocycles. The Hall–Kier alpha value is -1.85. The van der Waals surface area contributed by atoms with Gasteiger partial charge in [0, 0.05) is 6.07 Å². The molecule has 6 nitrogen and oxygen atoms in total. The van der Waals surface area contributed by atoms with Crippen molar-refractivity contribution in [1.29, 1.82) is 0 Å². The minimum atomic E-state index is -0.458. The zero-order valence-electron chi connectivity index (χ0n) is 12.1. The van der Waals surface area contributed by atoms with E-state index in [9.17, 15) is 9.59 Å². The van der Waals surface area contributed by atoms with Gasteiger partial charge in [-0.25, -0.2) is 0 Å². The van der Waals surface area contributed by atoms with Gasteiger partial charge in [0.15, 0.2) is 5.76 Å². The lowest BCUT2D eigenvalue weighted by molar-refractivity contribution is -0.152. The molecule has 1 aliphatic heterocycles. The predicted octanol–water partition coefficient (Wildman–Crippen LogP) is 1.33. The van der Waals surface area contributed by atoms with Gasteiger partial charge >= 0.3 is 0 Å². The highest BCUT2D eigenvalue weighted by Crippen LogP contribution is 2.21. The van der Waals surface area contributed by atoms with Crippen molar-refractivity contribution in [2.24, 2.45) is 5.92 Å². The number of carbonyl (C=O) groups is 2. The van der Waals surface area contributed by atoms with Crippen LogP contribution in [-0.4, -0.2) is 34.0 Å². The summed E-state index contributed by atoms with van der Waals surface area (Å²) >= 11 is 0. The summed E-state index contributed by atoms with van der Waals surface area (Å²) in [6, 6.07) is 0.831. The Morgan fingerprint density at radius 1 is 1.45 bits per heavy atom. The Balaban J connectivity index is 2.24. The molecule has 2 atom stereocenters. The van der Waals surface area contributed by atoms with Gasteiger partial charge in [0.05, 0.1) is 12.7 Å². The first kappa shape index (κ1) is 14.6. The first-order chi connectivity index (χ1) is 9.54. The van der Waals surface area contributed by atoms with Gasteiger partial charge in [-0.15, -0.1) is 0 Å². The van der Waals surface area contributed by atoms with E-state index in [0.29, 0.717) is 12.2 Å². The number of aromatic nitrogens is 1. The minimum absolute atomic E-state index is 0.0402. The SMILES string of the molecule is CCCC1NC(=O)C(C(C)C)N(Cc2ccno2)C1=O. The number of carbonyl (C=O) groups excluding carboxylic acids is 2. The van der Waals surface area contributed by atoms with Gasteiger partial charge in [-0.2, -0.15) is 0 Å². The predicted molar refractivity (Wildman–Crippen MR) is 72.5 cm³/mol. The van der Waals surface area contributed by atoms with E-state index in [2.05, 4.69) is 10.5 Å². The number of nitrogens with zero attached hydrogens (tertiary/aromatic N) is 2. The number of piperazine rings is 1. The molecular weight excluding hydrogens is 258 g/mol. The van der Waals surface area contributed by atoms with E-state index < -0.39 is 12.1 Å². The third-order valence-electron chi connectivity index (χ3n) is 3.53. The van der Waals surface area contributed by atoms with Crippen LogP contribution in [0.5, 0.6) is 0 Å². The molecule has 0 aliphatic carbocycles. The summed E-state index contributed by atoms with van der Waals surface area (Å²) in [5, 5.41) is 6.48. The highest BCUT2D eigenvalue weighted by molar-refractivity contribution is 5.97. The third kappa shape index (κ3) is 2.84. The van der Waals surface area contributed by atoms with Crippen LogP contribution in [-0.2, 0) is 16.1 Å². The fraction of sp³-hybridized carbons (Fsp3) is 0.643. The lowest BCUT2D eigenvalue weighted by Gasteiger charge is -2.40. The van der Waals surface area contributed by atoms with E-state index in [4.69, 9.17) is 4.52 Å². The smallest absolute Gasteiger partial charge is 0.246 e. The molecule has 1 N–H and O–H groups in total. The van der Waals surface area contributed by atoms with Crippen LogP contribution in [0.1, 0.15) is 39.4 Å². The quantitative estimate of drug-likeness (QED) is 0.882. The van der Waals surface area contributed by atoms with E-state index >= 15 is 0 Å². The Bertz CT molecular complexity index is 470. The van der Waals surface area contributed by atoms with Crippen LogP contribution in [0.2, 0.25) is 0 Å². The van der Waals surface area contributed by atoms with E-state index in [0.717, 1.165) is 6.42 Å². The third-order valence-corrected chi connectivity index (χ3v) is 3.53. The molecule has 2 unspecified atom stereocenters. The van der Waals surface area contributed by atoms with Crippen molar-refractivity contribution in [3.63, 3.8) is 0 Å².